The van der Waals surface area contributed by atoms with Crippen LogP contribution in [0, 0.1) is 17.8 Å². The molecule has 136 valence electrons. The highest BCUT2D eigenvalue weighted by molar-refractivity contribution is 5.82. The number of nitrogens with one attached hydrogen (secondary N) is 1. The Hall–Kier alpha value is -1.10. The topological polar surface area (TPSA) is 52.7 Å². The van der Waals surface area contributed by atoms with E-state index in [9.17, 15) is 9.59 Å². The van der Waals surface area contributed by atoms with Crippen molar-refractivity contribution in [3.8, 4) is 0 Å². The average Bonchev–Trinajstić information content (AvgIpc) is 3.30. The molecule has 1 unspecified atom stereocenters. The van der Waals surface area contributed by atoms with Gasteiger partial charge in [-0.1, -0.05) is 26.7 Å². The van der Waals surface area contributed by atoms with Crippen molar-refractivity contribution < 1.29 is 9.59 Å². The molecule has 3 aliphatic rings. The van der Waals surface area contributed by atoms with Crippen LogP contribution in [0.4, 0.5) is 0 Å². The molecule has 1 saturated heterocycles. The van der Waals surface area contributed by atoms with Crippen LogP contribution in [-0.4, -0.2) is 60.4 Å². The molecule has 0 aromatic rings. The van der Waals surface area contributed by atoms with E-state index in [-0.39, 0.29) is 11.9 Å². The van der Waals surface area contributed by atoms with Crippen LogP contribution in [0.15, 0.2) is 0 Å². The number of rotatable bonds is 6. The maximum atomic E-state index is 12.8. The predicted octanol–water partition coefficient (Wildman–Crippen LogP) is 1.87. The minimum absolute atomic E-state index is 0.00410. The van der Waals surface area contributed by atoms with Crippen molar-refractivity contribution in [2.45, 2.75) is 58.4 Å². The van der Waals surface area contributed by atoms with E-state index >= 15 is 0 Å². The van der Waals surface area contributed by atoms with Crippen molar-refractivity contribution in [1.29, 1.82) is 0 Å². The molecule has 1 aliphatic heterocycles. The van der Waals surface area contributed by atoms with Crippen LogP contribution < -0.4 is 5.32 Å². The van der Waals surface area contributed by atoms with E-state index in [1.807, 2.05) is 4.90 Å². The summed E-state index contributed by atoms with van der Waals surface area (Å²) in [6.45, 7) is 8.28. The largest absolute Gasteiger partial charge is 0.354 e. The number of hydrogen-bond donors (Lipinski definition) is 1. The van der Waals surface area contributed by atoms with Gasteiger partial charge in [0.15, 0.2) is 0 Å². The van der Waals surface area contributed by atoms with Gasteiger partial charge in [0.05, 0.1) is 6.04 Å². The Balaban J connectivity index is 1.58. The lowest BCUT2D eigenvalue weighted by atomic mass is 9.94. The summed E-state index contributed by atoms with van der Waals surface area (Å²) in [7, 11) is 0. The summed E-state index contributed by atoms with van der Waals surface area (Å²) in [6, 6.07) is 0.00410. The van der Waals surface area contributed by atoms with Gasteiger partial charge in [-0.3, -0.25) is 14.5 Å². The minimum atomic E-state index is 0.00410. The molecule has 5 nitrogen and oxygen atoms in total. The summed E-state index contributed by atoms with van der Waals surface area (Å²) in [6.07, 6.45) is 6.97. The minimum Gasteiger partial charge on any atom is -0.354 e. The second-order valence-corrected chi connectivity index (χ2v) is 8.26. The zero-order valence-corrected chi connectivity index (χ0v) is 15.3. The van der Waals surface area contributed by atoms with E-state index in [0.29, 0.717) is 23.7 Å². The lowest BCUT2D eigenvalue weighted by molar-refractivity contribution is -0.136. The van der Waals surface area contributed by atoms with Gasteiger partial charge in [-0.15, -0.1) is 0 Å². The van der Waals surface area contributed by atoms with E-state index in [4.69, 9.17) is 0 Å². The lowest BCUT2D eigenvalue weighted by Crippen LogP contribution is -2.58. The van der Waals surface area contributed by atoms with Gasteiger partial charge in [-0.25, -0.2) is 0 Å². The predicted molar refractivity (Wildman–Crippen MR) is 94.5 cm³/mol. The van der Waals surface area contributed by atoms with Crippen LogP contribution in [0.2, 0.25) is 0 Å². The molecule has 2 amide bonds. The quantitative estimate of drug-likeness (QED) is 0.806. The highest BCUT2D eigenvalue weighted by atomic mass is 16.2. The monoisotopic (exact) mass is 335 g/mol. The Morgan fingerprint density at radius 2 is 1.62 bits per heavy atom. The number of piperazine rings is 1. The van der Waals surface area contributed by atoms with Gasteiger partial charge < -0.3 is 10.2 Å². The highest BCUT2D eigenvalue weighted by Crippen LogP contribution is 2.33. The zero-order chi connectivity index (χ0) is 17.1. The molecule has 3 fully saturated rings. The van der Waals surface area contributed by atoms with Gasteiger partial charge >= 0.3 is 0 Å². The van der Waals surface area contributed by atoms with Gasteiger partial charge in [-0.05, 0) is 37.5 Å². The van der Waals surface area contributed by atoms with Crippen molar-refractivity contribution in [2.75, 3.05) is 32.7 Å². The number of hydrogen-bond acceptors (Lipinski definition) is 3. The summed E-state index contributed by atoms with van der Waals surface area (Å²) < 4.78 is 0. The van der Waals surface area contributed by atoms with Crippen LogP contribution in [0.25, 0.3) is 0 Å². The first-order valence-electron chi connectivity index (χ1n) is 9.87. The highest BCUT2D eigenvalue weighted by Gasteiger charge is 2.39. The van der Waals surface area contributed by atoms with Crippen molar-refractivity contribution in [1.82, 2.24) is 15.1 Å². The van der Waals surface area contributed by atoms with E-state index in [0.717, 1.165) is 45.6 Å². The van der Waals surface area contributed by atoms with Crippen LogP contribution in [0.5, 0.6) is 0 Å². The Bertz CT molecular complexity index is 448. The number of carbonyl (C=O) groups is 2. The first-order chi connectivity index (χ1) is 11.6. The Morgan fingerprint density at radius 1 is 1.00 bits per heavy atom. The molecule has 0 spiro atoms. The molecule has 1 heterocycles. The third-order valence-electron chi connectivity index (χ3n) is 5.75. The van der Waals surface area contributed by atoms with E-state index in [1.165, 1.54) is 25.7 Å². The normalized spacial score (nSPS) is 24.4. The Kier molecular flexibility index (Phi) is 5.80. The summed E-state index contributed by atoms with van der Waals surface area (Å²) in [5.41, 5.74) is 0. The molecule has 2 saturated carbocycles. The molecular weight excluding hydrogens is 302 g/mol. The SMILES string of the molecule is CC(C)CNC(=O)C(C1CCCC1)N1CCN(C(=O)C2CC2)CC1. The third-order valence-corrected chi connectivity index (χ3v) is 5.75. The van der Waals surface area contributed by atoms with Gasteiger partial charge in [-0.2, -0.15) is 0 Å². The molecule has 1 atom stereocenters. The summed E-state index contributed by atoms with van der Waals surface area (Å²) >= 11 is 0. The van der Waals surface area contributed by atoms with Gasteiger partial charge in [0.25, 0.3) is 0 Å². The fraction of sp³-hybridized carbons (Fsp3) is 0.895. The van der Waals surface area contributed by atoms with E-state index in [2.05, 4.69) is 24.1 Å². The fourth-order valence-corrected chi connectivity index (χ4v) is 4.17. The van der Waals surface area contributed by atoms with Crippen LogP contribution >= 0.6 is 0 Å². The summed E-state index contributed by atoms with van der Waals surface area (Å²) in [5.74, 6) is 1.82. The summed E-state index contributed by atoms with van der Waals surface area (Å²) in [5, 5.41) is 3.16. The first kappa shape index (κ1) is 17.7. The van der Waals surface area contributed by atoms with E-state index < -0.39 is 0 Å². The second-order valence-electron chi connectivity index (χ2n) is 8.26. The molecule has 0 radical (unpaired) electrons. The maximum Gasteiger partial charge on any atom is 0.237 e. The van der Waals surface area contributed by atoms with Crippen LogP contribution in [-0.2, 0) is 9.59 Å². The zero-order valence-electron chi connectivity index (χ0n) is 15.3. The summed E-state index contributed by atoms with van der Waals surface area (Å²) in [4.78, 5) is 29.4. The number of amides is 2. The standard InChI is InChI=1S/C19H33N3O2/c1-14(2)13-20-18(23)17(15-5-3-4-6-15)21-9-11-22(12-10-21)19(24)16-7-8-16/h14-17H,3-13H2,1-2H3,(H,20,23). The average molecular weight is 335 g/mol. The van der Waals surface area contributed by atoms with Crippen LogP contribution in [0.3, 0.4) is 0 Å². The molecule has 0 aromatic carbocycles. The smallest absolute Gasteiger partial charge is 0.237 e. The van der Waals surface area contributed by atoms with Crippen molar-refractivity contribution in [2.24, 2.45) is 17.8 Å². The molecular formula is C19H33N3O2. The van der Waals surface area contributed by atoms with E-state index in [1.54, 1.807) is 0 Å². The third kappa shape index (κ3) is 4.29. The lowest BCUT2D eigenvalue weighted by Gasteiger charge is -2.41. The van der Waals surface area contributed by atoms with Gasteiger partial charge in [0, 0.05) is 38.6 Å². The first-order valence-corrected chi connectivity index (χ1v) is 9.87. The Labute approximate surface area is 146 Å². The molecule has 1 N–H and O–H groups in total. The molecule has 3 rings (SSSR count). The van der Waals surface area contributed by atoms with Crippen molar-refractivity contribution in [3.05, 3.63) is 0 Å². The molecule has 0 bridgehead atoms. The molecule has 0 aromatic heterocycles. The van der Waals surface area contributed by atoms with Crippen molar-refractivity contribution >= 4 is 11.8 Å². The molecule has 5 heteroatoms. The fourth-order valence-electron chi connectivity index (χ4n) is 4.17. The molecule has 24 heavy (non-hydrogen) atoms. The van der Waals surface area contributed by atoms with Gasteiger partial charge in [0.2, 0.25) is 11.8 Å². The number of nitrogens with zero attached hydrogens (tertiary/aromatic N) is 2. The Morgan fingerprint density at radius 3 is 2.17 bits per heavy atom. The second kappa shape index (κ2) is 7.85. The maximum absolute atomic E-state index is 12.8. The van der Waals surface area contributed by atoms with Gasteiger partial charge in [0.1, 0.15) is 0 Å². The van der Waals surface area contributed by atoms with Crippen LogP contribution in [0.1, 0.15) is 52.4 Å². The van der Waals surface area contributed by atoms with Crippen molar-refractivity contribution in [3.63, 3.8) is 0 Å². The molecule has 2 aliphatic carbocycles. The number of carbonyl (C=O) groups excluding carboxylic acids is 2.